The van der Waals surface area contributed by atoms with E-state index in [1.54, 1.807) is 18.2 Å². The van der Waals surface area contributed by atoms with Gasteiger partial charge in [0.05, 0.1) is 23.9 Å². The second kappa shape index (κ2) is 7.61. The molecule has 0 amide bonds. The highest BCUT2D eigenvalue weighted by Crippen LogP contribution is 2.36. The van der Waals surface area contributed by atoms with E-state index in [1.165, 1.54) is 12.1 Å². The lowest BCUT2D eigenvalue weighted by Gasteiger charge is -2.11. The normalized spacial score (nSPS) is 11.1. The van der Waals surface area contributed by atoms with Gasteiger partial charge >= 0.3 is 11.3 Å². The van der Waals surface area contributed by atoms with Crippen LogP contribution in [0.4, 0.5) is 17.1 Å². The van der Waals surface area contributed by atoms with Crippen molar-refractivity contribution in [2.45, 2.75) is 6.92 Å². The standard InChI is InChI=1S/C15H11ClN4O2S/c1-10-5-4-6-11(7-10)22-23(21)20-19-13-9-15(18-3)14(17-2)8-12(13)16/h4-9,19-20H,1H3. The van der Waals surface area contributed by atoms with Gasteiger partial charge in [0.25, 0.3) is 0 Å². The Balaban J connectivity index is 2.05. The van der Waals surface area contributed by atoms with Crippen molar-refractivity contribution < 1.29 is 8.39 Å². The molecule has 23 heavy (non-hydrogen) atoms. The summed E-state index contributed by atoms with van der Waals surface area (Å²) >= 11 is 4.15. The molecule has 0 bridgehead atoms. The van der Waals surface area contributed by atoms with E-state index in [0.29, 0.717) is 11.4 Å². The van der Waals surface area contributed by atoms with Crippen LogP contribution in [-0.2, 0) is 11.3 Å². The molecule has 8 heteroatoms. The van der Waals surface area contributed by atoms with Gasteiger partial charge in [-0.15, -0.1) is 4.83 Å². The summed E-state index contributed by atoms with van der Waals surface area (Å²) < 4.78 is 17.1. The van der Waals surface area contributed by atoms with Crippen molar-refractivity contribution in [2.24, 2.45) is 0 Å². The number of hydrogen-bond acceptors (Lipinski definition) is 3. The highest BCUT2D eigenvalue weighted by atomic mass is 35.5. The lowest BCUT2D eigenvalue weighted by atomic mass is 10.2. The maximum atomic E-state index is 11.8. The zero-order valence-electron chi connectivity index (χ0n) is 12.0. The first-order chi connectivity index (χ1) is 11.0. The van der Waals surface area contributed by atoms with Crippen LogP contribution in [0.2, 0.25) is 5.02 Å². The van der Waals surface area contributed by atoms with Crippen LogP contribution in [0.25, 0.3) is 9.69 Å². The summed E-state index contributed by atoms with van der Waals surface area (Å²) in [7, 11) is 0. The molecule has 2 N–H and O–H groups in total. The summed E-state index contributed by atoms with van der Waals surface area (Å²) in [6.07, 6.45) is 0. The Kier molecular flexibility index (Phi) is 5.56. The zero-order chi connectivity index (χ0) is 16.8. The van der Waals surface area contributed by atoms with Crippen molar-refractivity contribution in [1.29, 1.82) is 0 Å². The molecule has 0 aliphatic rings. The molecule has 2 rings (SSSR count). The van der Waals surface area contributed by atoms with Gasteiger partial charge in [-0.1, -0.05) is 23.7 Å². The van der Waals surface area contributed by atoms with Gasteiger partial charge in [0.2, 0.25) is 0 Å². The lowest BCUT2D eigenvalue weighted by Crippen LogP contribution is -2.27. The number of rotatable bonds is 5. The maximum absolute atomic E-state index is 11.8. The molecule has 0 aromatic heterocycles. The first-order valence-electron chi connectivity index (χ1n) is 6.30. The molecule has 0 saturated heterocycles. The van der Waals surface area contributed by atoms with Crippen LogP contribution < -0.4 is 14.4 Å². The van der Waals surface area contributed by atoms with Crippen molar-refractivity contribution in [3.8, 4) is 5.75 Å². The summed E-state index contributed by atoms with van der Waals surface area (Å²) in [6.45, 7) is 15.9. The van der Waals surface area contributed by atoms with E-state index in [2.05, 4.69) is 19.9 Å². The molecule has 0 aliphatic heterocycles. The van der Waals surface area contributed by atoms with E-state index in [-0.39, 0.29) is 16.4 Å². The molecule has 0 fully saturated rings. The fraction of sp³-hybridized carbons (Fsp3) is 0.0667. The van der Waals surface area contributed by atoms with Crippen LogP contribution in [0.1, 0.15) is 5.56 Å². The van der Waals surface area contributed by atoms with Gasteiger partial charge in [-0.05, 0) is 36.8 Å². The van der Waals surface area contributed by atoms with E-state index in [9.17, 15) is 4.21 Å². The molecule has 0 aliphatic carbocycles. The third-order valence-corrected chi connectivity index (χ3v) is 3.66. The predicted octanol–water partition coefficient (Wildman–Crippen LogP) is 4.32. The molecular weight excluding hydrogens is 336 g/mol. The Morgan fingerprint density at radius 3 is 2.52 bits per heavy atom. The highest BCUT2D eigenvalue weighted by Gasteiger charge is 2.10. The van der Waals surface area contributed by atoms with E-state index >= 15 is 0 Å². The van der Waals surface area contributed by atoms with Crippen molar-refractivity contribution in [2.75, 3.05) is 5.43 Å². The summed E-state index contributed by atoms with van der Waals surface area (Å²) in [5.41, 5.74) is 4.24. The average Bonchev–Trinajstić information content (AvgIpc) is 2.53. The van der Waals surface area contributed by atoms with Crippen LogP contribution >= 0.6 is 11.6 Å². The van der Waals surface area contributed by atoms with Crippen molar-refractivity contribution in [1.82, 2.24) is 4.83 Å². The smallest absolute Gasteiger partial charge is 0.306 e. The minimum atomic E-state index is -1.86. The number of hydrogen-bond donors (Lipinski definition) is 2. The quantitative estimate of drug-likeness (QED) is 0.626. The Bertz CT molecular complexity index is 842. The van der Waals surface area contributed by atoms with Crippen LogP contribution in [0.5, 0.6) is 5.75 Å². The Morgan fingerprint density at radius 1 is 1.17 bits per heavy atom. The largest absolute Gasteiger partial charge is 0.388 e. The minimum Gasteiger partial charge on any atom is -0.388 e. The first-order valence-corrected chi connectivity index (χ1v) is 7.75. The molecule has 0 radical (unpaired) electrons. The minimum absolute atomic E-state index is 0.152. The molecule has 0 heterocycles. The Hall–Kier alpha value is -2.58. The monoisotopic (exact) mass is 346 g/mol. The van der Waals surface area contributed by atoms with Crippen LogP contribution in [0, 0.1) is 20.1 Å². The van der Waals surface area contributed by atoms with Crippen LogP contribution in [-0.4, -0.2) is 4.21 Å². The number of hydrazine groups is 1. The number of nitrogens with zero attached hydrogens (tertiary/aromatic N) is 2. The van der Waals surface area contributed by atoms with Gasteiger partial charge < -0.3 is 9.61 Å². The Morgan fingerprint density at radius 2 is 1.87 bits per heavy atom. The summed E-state index contributed by atoms with van der Waals surface area (Å²) in [6, 6.07) is 9.88. The molecule has 1 unspecified atom stereocenters. The lowest BCUT2D eigenvalue weighted by molar-refractivity contribution is 0.553. The molecule has 0 saturated carbocycles. The van der Waals surface area contributed by atoms with Gasteiger partial charge in [0.15, 0.2) is 11.4 Å². The van der Waals surface area contributed by atoms with Crippen molar-refractivity contribution in [3.63, 3.8) is 0 Å². The molecule has 2 aromatic rings. The maximum Gasteiger partial charge on any atom is 0.306 e. The summed E-state index contributed by atoms with van der Waals surface area (Å²) in [5.74, 6) is 0.453. The highest BCUT2D eigenvalue weighted by molar-refractivity contribution is 7.78. The van der Waals surface area contributed by atoms with Gasteiger partial charge in [0, 0.05) is 0 Å². The molecule has 0 spiro atoms. The second-order valence-electron chi connectivity index (χ2n) is 4.41. The third kappa shape index (κ3) is 4.44. The zero-order valence-corrected chi connectivity index (χ0v) is 13.5. The first kappa shape index (κ1) is 16.8. The number of halogens is 1. The number of anilines is 1. The fourth-order valence-corrected chi connectivity index (χ4v) is 2.42. The van der Waals surface area contributed by atoms with E-state index < -0.39 is 11.3 Å². The average molecular weight is 347 g/mol. The fourth-order valence-electron chi connectivity index (χ4n) is 1.70. The molecule has 2 aromatic carbocycles. The van der Waals surface area contributed by atoms with E-state index in [4.69, 9.17) is 28.9 Å². The SMILES string of the molecule is [C-]#[N+]c1cc(Cl)c(NNS(=O)Oc2cccc(C)c2)cc1[N+]#[C-]. The van der Waals surface area contributed by atoms with Gasteiger partial charge in [-0.25, -0.2) is 0 Å². The van der Waals surface area contributed by atoms with Gasteiger partial charge in [-0.2, -0.15) is 4.21 Å². The molecule has 116 valence electrons. The molecular formula is C15H11ClN4O2S. The number of nitrogens with one attached hydrogen (secondary N) is 2. The van der Waals surface area contributed by atoms with Crippen molar-refractivity contribution in [3.05, 3.63) is 69.8 Å². The van der Waals surface area contributed by atoms with Gasteiger partial charge in [0.1, 0.15) is 5.75 Å². The predicted molar refractivity (Wildman–Crippen MR) is 90.7 cm³/mol. The van der Waals surface area contributed by atoms with Crippen LogP contribution in [0.3, 0.4) is 0 Å². The van der Waals surface area contributed by atoms with Crippen LogP contribution in [0.15, 0.2) is 36.4 Å². The number of benzene rings is 2. The van der Waals surface area contributed by atoms with E-state index in [0.717, 1.165) is 5.56 Å². The van der Waals surface area contributed by atoms with Gasteiger partial charge in [-0.3, -0.25) is 9.69 Å². The second-order valence-corrected chi connectivity index (χ2v) is 5.65. The summed E-state index contributed by atoms with van der Waals surface area (Å²) in [4.78, 5) is 8.90. The van der Waals surface area contributed by atoms with Crippen molar-refractivity contribution >= 4 is 39.9 Å². The molecule has 1 atom stereocenters. The number of aryl methyl sites for hydroxylation is 1. The topological polar surface area (TPSA) is 59.1 Å². The Labute approximate surface area is 141 Å². The summed E-state index contributed by atoms with van der Waals surface area (Å²) in [5, 5.41) is 0.225. The molecule has 6 nitrogen and oxygen atoms in total. The van der Waals surface area contributed by atoms with E-state index in [1.807, 2.05) is 13.0 Å². The third-order valence-electron chi connectivity index (χ3n) is 2.74.